The molecule has 0 bridgehead atoms. The molecule has 10 heteroatoms. The number of fused-ring (bicyclic) bond motifs is 1. The van der Waals surface area contributed by atoms with Crippen molar-refractivity contribution < 1.29 is 18.7 Å². The van der Waals surface area contributed by atoms with Crippen LogP contribution in [-0.2, 0) is 4.79 Å². The molecule has 2 amide bonds. The van der Waals surface area contributed by atoms with Gasteiger partial charge in [0.25, 0.3) is 11.8 Å². The van der Waals surface area contributed by atoms with E-state index in [2.05, 4.69) is 27.3 Å². The SMILES string of the molecule is C=C(C(=O)Nc1ccc(-c2ccc3nc(Nc4ccc(C(=O)N5CCC5)cc4OC)nn3c2)cc1)c1ccc(F)cc1. The maximum Gasteiger partial charge on any atom is 0.255 e. The summed E-state index contributed by atoms with van der Waals surface area (Å²) in [7, 11) is 1.56. The van der Waals surface area contributed by atoms with E-state index in [4.69, 9.17) is 4.74 Å². The number of halogens is 1. The van der Waals surface area contributed by atoms with Crippen LogP contribution in [0.1, 0.15) is 22.3 Å². The van der Waals surface area contributed by atoms with Crippen LogP contribution >= 0.6 is 0 Å². The molecule has 0 saturated carbocycles. The van der Waals surface area contributed by atoms with Crippen molar-refractivity contribution in [2.45, 2.75) is 6.42 Å². The predicted octanol–water partition coefficient (Wildman–Crippen LogP) is 5.79. The predicted molar refractivity (Wildman–Crippen MR) is 159 cm³/mol. The molecule has 0 aliphatic carbocycles. The fourth-order valence-corrected chi connectivity index (χ4v) is 4.59. The van der Waals surface area contributed by atoms with Crippen molar-refractivity contribution >= 4 is 40.4 Å². The number of nitrogens with one attached hydrogen (secondary N) is 2. The van der Waals surface area contributed by atoms with Gasteiger partial charge in [0.05, 0.1) is 12.8 Å². The number of rotatable bonds is 8. The van der Waals surface area contributed by atoms with Crippen LogP contribution in [0.3, 0.4) is 0 Å². The number of nitrogens with zero attached hydrogens (tertiary/aromatic N) is 4. The number of benzene rings is 3. The third kappa shape index (κ3) is 5.42. The minimum atomic E-state index is -0.374. The summed E-state index contributed by atoms with van der Waals surface area (Å²) in [5.74, 6) is 0.157. The molecule has 2 N–H and O–H groups in total. The second-order valence-electron chi connectivity index (χ2n) is 9.86. The number of pyridine rings is 1. The Morgan fingerprint density at radius 1 is 0.929 bits per heavy atom. The van der Waals surface area contributed by atoms with Crippen LogP contribution in [0.25, 0.3) is 22.3 Å². The van der Waals surface area contributed by atoms with E-state index in [1.807, 2.05) is 30.5 Å². The molecule has 6 rings (SSSR count). The van der Waals surface area contributed by atoms with Gasteiger partial charge in [-0.15, -0.1) is 5.10 Å². The first-order chi connectivity index (χ1) is 20.4. The fraction of sp³-hybridized carbons (Fsp3) is 0.125. The molecule has 210 valence electrons. The number of carbonyl (C=O) groups is 2. The molecular weight excluding hydrogens is 535 g/mol. The molecule has 3 heterocycles. The summed E-state index contributed by atoms with van der Waals surface area (Å²) >= 11 is 0. The van der Waals surface area contributed by atoms with Gasteiger partial charge in [0.2, 0.25) is 5.95 Å². The minimum absolute atomic E-state index is 0.00430. The lowest BCUT2D eigenvalue weighted by Gasteiger charge is -2.31. The first-order valence-electron chi connectivity index (χ1n) is 13.4. The number of hydrogen-bond donors (Lipinski definition) is 2. The average molecular weight is 563 g/mol. The van der Waals surface area contributed by atoms with Gasteiger partial charge in [-0.1, -0.05) is 30.8 Å². The zero-order chi connectivity index (χ0) is 29.2. The van der Waals surface area contributed by atoms with E-state index >= 15 is 0 Å². The number of carbonyl (C=O) groups excluding carboxylic acids is 2. The van der Waals surface area contributed by atoms with Gasteiger partial charge in [0.1, 0.15) is 11.6 Å². The largest absolute Gasteiger partial charge is 0.495 e. The van der Waals surface area contributed by atoms with Gasteiger partial charge in [0, 0.05) is 41.7 Å². The maximum absolute atomic E-state index is 13.2. The van der Waals surface area contributed by atoms with Crippen molar-refractivity contribution in [1.82, 2.24) is 19.5 Å². The van der Waals surface area contributed by atoms with E-state index < -0.39 is 0 Å². The van der Waals surface area contributed by atoms with Crippen molar-refractivity contribution in [1.29, 1.82) is 0 Å². The highest BCUT2D eigenvalue weighted by Gasteiger charge is 2.22. The Hall–Kier alpha value is -5.51. The van der Waals surface area contributed by atoms with Crippen molar-refractivity contribution in [2.75, 3.05) is 30.8 Å². The Morgan fingerprint density at radius 3 is 2.33 bits per heavy atom. The molecule has 1 saturated heterocycles. The van der Waals surface area contributed by atoms with Crippen LogP contribution in [0.4, 0.5) is 21.7 Å². The fourth-order valence-electron chi connectivity index (χ4n) is 4.59. The van der Waals surface area contributed by atoms with Crippen LogP contribution in [-0.4, -0.2) is 51.5 Å². The number of ether oxygens (including phenoxy) is 1. The monoisotopic (exact) mass is 562 g/mol. The van der Waals surface area contributed by atoms with Gasteiger partial charge >= 0.3 is 0 Å². The number of aromatic nitrogens is 3. The highest BCUT2D eigenvalue weighted by atomic mass is 19.1. The molecule has 3 aromatic carbocycles. The standard InChI is InChI=1S/C32H27FN6O3/c1-20(21-4-10-25(33)11-5-21)30(40)34-26-12-6-22(7-13-26)24-9-15-29-36-32(37-39(29)19-24)35-27-14-8-23(18-28(27)42-2)31(41)38-16-3-17-38/h4-15,18-19H,1,3,16-17H2,2H3,(H,34,40)(H,35,37). The van der Waals surface area contributed by atoms with E-state index in [0.717, 1.165) is 30.6 Å². The molecule has 0 radical (unpaired) electrons. The zero-order valence-electron chi connectivity index (χ0n) is 22.8. The van der Waals surface area contributed by atoms with Gasteiger partial charge in [-0.05, 0) is 72.1 Å². The topological polar surface area (TPSA) is 101 Å². The molecule has 9 nitrogen and oxygen atoms in total. The molecule has 42 heavy (non-hydrogen) atoms. The average Bonchev–Trinajstić information content (AvgIpc) is 3.38. The summed E-state index contributed by atoms with van der Waals surface area (Å²) in [6.45, 7) is 5.39. The molecule has 1 fully saturated rings. The molecule has 2 aromatic heterocycles. The highest BCUT2D eigenvalue weighted by molar-refractivity contribution is 6.24. The van der Waals surface area contributed by atoms with E-state index in [9.17, 15) is 14.0 Å². The maximum atomic E-state index is 13.2. The zero-order valence-corrected chi connectivity index (χ0v) is 22.8. The molecular formula is C32H27FN6O3. The summed E-state index contributed by atoms with van der Waals surface area (Å²) in [4.78, 5) is 31.5. The number of anilines is 3. The molecule has 0 unspecified atom stereocenters. The smallest absolute Gasteiger partial charge is 0.255 e. The lowest BCUT2D eigenvalue weighted by Crippen LogP contribution is -2.42. The van der Waals surface area contributed by atoms with Crippen molar-refractivity contribution in [2.24, 2.45) is 0 Å². The minimum Gasteiger partial charge on any atom is -0.495 e. The van der Waals surface area contributed by atoms with Gasteiger partial charge in [-0.2, -0.15) is 4.98 Å². The Kier molecular flexibility index (Phi) is 7.10. The Labute approximate surface area is 241 Å². The van der Waals surface area contributed by atoms with E-state index in [1.165, 1.54) is 24.3 Å². The second kappa shape index (κ2) is 11.2. The highest BCUT2D eigenvalue weighted by Crippen LogP contribution is 2.30. The van der Waals surface area contributed by atoms with Gasteiger partial charge in [-0.3, -0.25) is 9.59 Å². The van der Waals surface area contributed by atoms with Crippen molar-refractivity contribution in [3.8, 4) is 16.9 Å². The number of likely N-dealkylation sites (tertiary alicyclic amines) is 1. The molecule has 1 aliphatic heterocycles. The van der Waals surface area contributed by atoms with E-state index in [-0.39, 0.29) is 23.2 Å². The third-order valence-electron chi connectivity index (χ3n) is 7.11. The van der Waals surface area contributed by atoms with E-state index in [1.54, 1.807) is 46.9 Å². The first kappa shape index (κ1) is 26.7. The third-order valence-corrected chi connectivity index (χ3v) is 7.11. The summed E-state index contributed by atoms with van der Waals surface area (Å²) in [5, 5.41) is 10.6. The Morgan fingerprint density at radius 2 is 1.64 bits per heavy atom. The Balaban J connectivity index is 1.15. The van der Waals surface area contributed by atoms with Gasteiger partial charge in [0.15, 0.2) is 5.65 Å². The van der Waals surface area contributed by atoms with Gasteiger partial charge in [-0.25, -0.2) is 8.91 Å². The molecule has 0 atom stereocenters. The van der Waals surface area contributed by atoms with Crippen LogP contribution < -0.4 is 15.4 Å². The van der Waals surface area contributed by atoms with Crippen LogP contribution in [0.2, 0.25) is 0 Å². The summed E-state index contributed by atoms with van der Waals surface area (Å²) in [6.07, 6.45) is 2.90. The molecule has 5 aromatic rings. The van der Waals surface area contributed by atoms with Crippen LogP contribution in [0.15, 0.2) is 91.6 Å². The van der Waals surface area contributed by atoms with Crippen LogP contribution in [0, 0.1) is 5.82 Å². The van der Waals surface area contributed by atoms with Crippen LogP contribution in [0.5, 0.6) is 5.75 Å². The Bertz CT molecular complexity index is 1810. The molecule has 0 spiro atoms. The molecule has 1 aliphatic rings. The van der Waals surface area contributed by atoms with Crippen molar-refractivity contribution in [3.05, 3.63) is 109 Å². The number of hydrogen-bond acceptors (Lipinski definition) is 6. The first-order valence-corrected chi connectivity index (χ1v) is 13.4. The summed E-state index contributed by atoms with van der Waals surface area (Å²) in [6, 6.07) is 22.1. The lowest BCUT2D eigenvalue weighted by atomic mass is 10.1. The van der Waals surface area contributed by atoms with Gasteiger partial charge < -0.3 is 20.3 Å². The quantitative estimate of drug-likeness (QED) is 0.232. The summed E-state index contributed by atoms with van der Waals surface area (Å²) in [5.41, 5.74) is 5.09. The van der Waals surface area contributed by atoms with Crippen molar-refractivity contribution in [3.63, 3.8) is 0 Å². The number of amides is 2. The number of methoxy groups -OCH3 is 1. The van der Waals surface area contributed by atoms with E-state index in [0.29, 0.717) is 39.8 Å². The lowest BCUT2D eigenvalue weighted by molar-refractivity contribution is -0.111. The summed E-state index contributed by atoms with van der Waals surface area (Å²) < 4.78 is 20.4. The second-order valence-corrected chi connectivity index (χ2v) is 9.86. The normalized spacial score (nSPS) is 12.5.